The van der Waals surface area contributed by atoms with Crippen LogP contribution < -0.4 is 4.57 Å². The molecule has 0 radical (unpaired) electrons. The fourth-order valence-corrected chi connectivity index (χ4v) is 1.41. The molecular weight excluding hydrogens is 210 g/mol. The van der Waals surface area contributed by atoms with E-state index in [0.717, 1.165) is 11.1 Å². The first-order valence-electron chi connectivity index (χ1n) is 5.51. The van der Waals surface area contributed by atoms with Crippen molar-refractivity contribution < 1.29 is 4.57 Å². The third-order valence-electron chi connectivity index (χ3n) is 2.46. The van der Waals surface area contributed by atoms with Crippen LogP contribution in [-0.2, 0) is 7.05 Å². The molecular formula is C14H16N3+. The molecule has 0 bridgehead atoms. The van der Waals surface area contributed by atoms with E-state index in [4.69, 9.17) is 0 Å². The first kappa shape index (κ1) is 11.3. The highest BCUT2D eigenvalue weighted by molar-refractivity contribution is 5.79. The lowest BCUT2D eigenvalue weighted by Crippen LogP contribution is -2.25. The zero-order chi connectivity index (χ0) is 12.1. The lowest BCUT2D eigenvalue weighted by molar-refractivity contribution is -0.671. The topological polar surface area (TPSA) is 19.5 Å². The van der Waals surface area contributed by atoms with Crippen molar-refractivity contribution in [2.75, 3.05) is 7.05 Å². The average molecular weight is 226 g/mol. The Kier molecular flexibility index (Phi) is 3.50. The summed E-state index contributed by atoms with van der Waals surface area (Å²) < 4.78 is 2.00. The van der Waals surface area contributed by atoms with E-state index >= 15 is 0 Å². The number of pyridine rings is 1. The highest BCUT2D eigenvalue weighted by Gasteiger charge is 1.94. The van der Waals surface area contributed by atoms with E-state index in [2.05, 4.69) is 4.99 Å². The minimum Gasteiger partial charge on any atom is -0.357 e. The van der Waals surface area contributed by atoms with Crippen molar-refractivity contribution in [3.05, 3.63) is 66.4 Å². The number of aliphatic imine (C=N–C) groups is 1. The van der Waals surface area contributed by atoms with Crippen molar-refractivity contribution in [3.63, 3.8) is 0 Å². The van der Waals surface area contributed by atoms with Gasteiger partial charge >= 0.3 is 0 Å². The Morgan fingerprint density at radius 1 is 1.18 bits per heavy atom. The van der Waals surface area contributed by atoms with Gasteiger partial charge < -0.3 is 4.90 Å². The van der Waals surface area contributed by atoms with E-state index in [1.807, 2.05) is 85.1 Å². The molecule has 17 heavy (non-hydrogen) atoms. The van der Waals surface area contributed by atoms with Gasteiger partial charge in [0.2, 0.25) is 0 Å². The molecule has 1 aliphatic rings. The molecule has 1 aromatic heterocycles. The maximum absolute atomic E-state index is 4.30. The number of aryl methyl sites for hydroxylation is 1. The quantitative estimate of drug-likeness (QED) is 0.556. The van der Waals surface area contributed by atoms with Gasteiger partial charge in [0.25, 0.3) is 0 Å². The van der Waals surface area contributed by atoms with Gasteiger partial charge in [0, 0.05) is 49.6 Å². The summed E-state index contributed by atoms with van der Waals surface area (Å²) >= 11 is 0. The summed E-state index contributed by atoms with van der Waals surface area (Å²) in [5.74, 6) is 0. The van der Waals surface area contributed by atoms with E-state index in [0.29, 0.717) is 0 Å². The molecule has 3 heteroatoms. The Morgan fingerprint density at radius 3 is 2.47 bits per heavy atom. The zero-order valence-corrected chi connectivity index (χ0v) is 10.1. The number of hydrogen-bond acceptors (Lipinski definition) is 2. The lowest BCUT2D eigenvalue weighted by atomic mass is 10.2. The Balaban J connectivity index is 2.02. The van der Waals surface area contributed by atoms with Crippen LogP contribution in [0.4, 0.5) is 0 Å². The van der Waals surface area contributed by atoms with E-state index in [1.165, 1.54) is 0 Å². The van der Waals surface area contributed by atoms with Gasteiger partial charge in [0.05, 0.1) is 0 Å². The van der Waals surface area contributed by atoms with Gasteiger partial charge in [-0.25, -0.2) is 4.57 Å². The third kappa shape index (κ3) is 3.41. The predicted octanol–water partition coefficient (Wildman–Crippen LogP) is 1.79. The summed E-state index contributed by atoms with van der Waals surface area (Å²) in [7, 11) is 3.99. The fraction of sp³-hybridized carbons (Fsp3) is 0.143. The van der Waals surface area contributed by atoms with Crippen LogP contribution in [-0.4, -0.2) is 18.2 Å². The van der Waals surface area contributed by atoms with E-state index in [-0.39, 0.29) is 0 Å². The van der Waals surface area contributed by atoms with Crippen molar-refractivity contribution in [1.82, 2.24) is 4.90 Å². The molecule has 0 atom stereocenters. The Morgan fingerprint density at radius 2 is 1.82 bits per heavy atom. The molecule has 1 aromatic rings. The van der Waals surface area contributed by atoms with Gasteiger partial charge in [-0.05, 0) is 17.7 Å². The standard InChI is InChI=1S/C14H16N3/c1-16-7-3-13(4-8-16)11-15-12-14-5-9-17(2)10-6-14/h3-12H,1-2H3/q+1. The molecule has 2 rings (SSSR count). The number of aromatic nitrogens is 1. The minimum absolute atomic E-state index is 1.10. The van der Waals surface area contributed by atoms with Gasteiger partial charge in [-0.15, -0.1) is 0 Å². The summed E-state index contributed by atoms with van der Waals surface area (Å²) in [4.78, 5) is 6.30. The van der Waals surface area contributed by atoms with E-state index < -0.39 is 0 Å². The fourth-order valence-electron chi connectivity index (χ4n) is 1.41. The molecule has 1 aliphatic heterocycles. The number of allylic oxidation sites excluding steroid dienone is 3. The maximum atomic E-state index is 4.30. The Labute approximate surface area is 102 Å². The van der Waals surface area contributed by atoms with Crippen LogP contribution in [0.3, 0.4) is 0 Å². The highest BCUT2D eigenvalue weighted by atomic mass is 15.0. The highest BCUT2D eigenvalue weighted by Crippen LogP contribution is 2.07. The van der Waals surface area contributed by atoms with Crippen molar-refractivity contribution >= 4 is 6.21 Å². The van der Waals surface area contributed by atoms with Crippen LogP contribution in [0.5, 0.6) is 0 Å². The smallest absolute Gasteiger partial charge is 0.169 e. The summed E-state index contributed by atoms with van der Waals surface area (Å²) in [6.45, 7) is 0. The predicted molar refractivity (Wildman–Crippen MR) is 69.3 cm³/mol. The number of rotatable bonds is 2. The summed E-state index contributed by atoms with van der Waals surface area (Å²) in [5, 5.41) is 0. The molecule has 0 N–H and O–H groups in total. The molecule has 0 fully saturated rings. The second-order valence-electron chi connectivity index (χ2n) is 4.00. The average Bonchev–Trinajstić information content (AvgIpc) is 2.34. The van der Waals surface area contributed by atoms with Crippen LogP contribution in [0.25, 0.3) is 0 Å². The van der Waals surface area contributed by atoms with Crippen molar-refractivity contribution in [2.24, 2.45) is 12.0 Å². The SMILES string of the molecule is CN1C=CC(=CN=Cc2cc[n+](C)cc2)C=C1. The lowest BCUT2D eigenvalue weighted by Gasteiger charge is -2.10. The molecule has 0 aromatic carbocycles. The monoisotopic (exact) mass is 226 g/mol. The van der Waals surface area contributed by atoms with Crippen molar-refractivity contribution in [2.45, 2.75) is 0 Å². The Hall–Kier alpha value is -2.16. The first-order chi connectivity index (χ1) is 8.24. The van der Waals surface area contributed by atoms with Crippen molar-refractivity contribution in [3.8, 4) is 0 Å². The maximum Gasteiger partial charge on any atom is 0.169 e. The largest absolute Gasteiger partial charge is 0.357 e. The normalized spacial score (nSPS) is 14.7. The number of hydrogen-bond donors (Lipinski definition) is 0. The Bertz CT molecular complexity index is 477. The molecule has 3 nitrogen and oxygen atoms in total. The third-order valence-corrected chi connectivity index (χ3v) is 2.46. The molecule has 2 heterocycles. The van der Waals surface area contributed by atoms with Gasteiger partial charge in [-0.2, -0.15) is 0 Å². The van der Waals surface area contributed by atoms with Gasteiger partial charge in [-0.3, -0.25) is 4.99 Å². The molecule has 86 valence electrons. The minimum atomic E-state index is 1.10. The number of nitrogens with zero attached hydrogens (tertiary/aromatic N) is 3. The summed E-state index contributed by atoms with van der Waals surface area (Å²) in [6, 6.07) is 4.06. The summed E-state index contributed by atoms with van der Waals surface area (Å²) in [6.07, 6.45) is 15.8. The van der Waals surface area contributed by atoms with Crippen LogP contribution in [0.2, 0.25) is 0 Å². The van der Waals surface area contributed by atoms with Crippen molar-refractivity contribution in [1.29, 1.82) is 0 Å². The van der Waals surface area contributed by atoms with E-state index in [1.54, 1.807) is 0 Å². The molecule has 0 spiro atoms. The first-order valence-corrected chi connectivity index (χ1v) is 5.51. The molecule has 0 saturated carbocycles. The van der Waals surface area contributed by atoms with Gasteiger partial charge in [0.15, 0.2) is 12.4 Å². The van der Waals surface area contributed by atoms with Gasteiger partial charge in [-0.1, -0.05) is 0 Å². The van der Waals surface area contributed by atoms with Crippen LogP contribution in [0.15, 0.2) is 65.8 Å². The van der Waals surface area contributed by atoms with Crippen LogP contribution in [0, 0.1) is 0 Å². The van der Waals surface area contributed by atoms with Gasteiger partial charge in [0.1, 0.15) is 7.05 Å². The second kappa shape index (κ2) is 5.25. The molecule has 0 amide bonds. The molecule has 0 aliphatic carbocycles. The molecule has 0 saturated heterocycles. The second-order valence-corrected chi connectivity index (χ2v) is 4.00. The van der Waals surface area contributed by atoms with Crippen LogP contribution >= 0.6 is 0 Å². The van der Waals surface area contributed by atoms with Crippen LogP contribution in [0.1, 0.15) is 5.56 Å². The zero-order valence-electron chi connectivity index (χ0n) is 10.1. The summed E-state index contributed by atoms with van der Waals surface area (Å²) in [5.41, 5.74) is 2.20. The van der Waals surface area contributed by atoms with E-state index in [9.17, 15) is 0 Å². The molecule has 0 unspecified atom stereocenters.